The Morgan fingerprint density at radius 1 is 0.857 bits per heavy atom. The van der Waals surface area contributed by atoms with Crippen LogP contribution in [0.15, 0.2) is 72.8 Å². The third-order valence-corrected chi connectivity index (χ3v) is 4.64. The van der Waals surface area contributed by atoms with E-state index in [9.17, 15) is 5.11 Å². The van der Waals surface area contributed by atoms with Crippen molar-refractivity contribution in [1.29, 1.82) is 0 Å². The molecule has 3 aromatic carbocycles. The number of hydrogen-bond acceptors (Lipinski definition) is 5. The van der Waals surface area contributed by atoms with E-state index in [1.807, 2.05) is 66.7 Å². The Labute approximate surface area is 163 Å². The van der Waals surface area contributed by atoms with Gasteiger partial charge in [0.15, 0.2) is 5.82 Å². The van der Waals surface area contributed by atoms with Crippen LogP contribution in [-0.2, 0) is 13.2 Å². The van der Waals surface area contributed by atoms with Gasteiger partial charge in [-0.25, -0.2) is 4.68 Å². The first-order valence-corrected chi connectivity index (χ1v) is 8.97. The molecule has 6 nitrogen and oxygen atoms in total. The fraction of sp³-hybridized carbons (Fsp3) is 0.136. The number of benzene rings is 3. The molecule has 0 aliphatic rings. The lowest BCUT2D eigenvalue weighted by atomic mass is 9.98. The smallest absolute Gasteiger partial charge is 0.182 e. The Balaban J connectivity index is 1.69. The Kier molecular flexibility index (Phi) is 5.12. The lowest BCUT2D eigenvalue weighted by Crippen LogP contribution is -2.05. The predicted molar refractivity (Wildman–Crippen MR) is 107 cm³/mol. The molecule has 0 saturated carbocycles. The van der Waals surface area contributed by atoms with Gasteiger partial charge in [0.1, 0.15) is 5.75 Å². The summed E-state index contributed by atoms with van der Waals surface area (Å²) >= 11 is 0. The van der Waals surface area contributed by atoms with E-state index in [1.54, 1.807) is 11.8 Å². The average Bonchev–Trinajstić information content (AvgIpc) is 3.22. The zero-order valence-electron chi connectivity index (χ0n) is 15.5. The number of aliphatic hydroxyl groups is 1. The second-order valence-corrected chi connectivity index (χ2v) is 6.41. The first kappa shape index (κ1) is 17.9. The quantitative estimate of drug-likeness (QED) is 0.560. The summed E-state index contributed by atoms with van der Waals surface area (Å²) in [4.78, 5) is 0. The van der Waals surface area contributed by atoms with Gasteiger partial charge in [-0.2, -0.15) is 0 Å². The molecule has 0 aliphatic carbocycles. The van der Waals surface area contributed by atoms with Gasteiger partial charge in [-0.1, -0.05) is 60.7 Å². The fourth-order valence-corrected chi connectivity index (χ4v) is 3.13. The Morgan fingerprint density at radius 2 is 1.54 bits per heavy atom. The molecule has 1 aromatic heterocycles. The number of aliphatic hydroxyl groups excluding tert-OH is 1. The standard InChI is InChI=1S/C22H20N4O2/c1-28-19-12-8-16(9-13-19)14-26-22(23-24-25-26)21-5-3-2-4-20(21)18-10-6-17(15-27)7-11-18/h2-13,27H,14-15H2,1H3. The Morgan fingerprint density at radius 3 is 2.21 bits per heavy atom. The van der Waals surface area contributed by atoms with Gasteiger partial charge in [-0.3, -0.25) is 0 Å². The number of rotatable bonds is 6. The second kappa shape index (κ2) is 8.02. The highest BCUT2D eigenvalue weighted by Gasteiger charge is 2.14. The van der Waals surface area contributed by atoms with Gasteiger partial charge in [-0.15, -0.1) is 5.10 Å². The van der Waals surface area contributed by atoms with Crippen LogP contribution < -0.4 is 4.74 Å². The number of nitrogens with zero attached hydrogens (tertiary/aromatic N) is 4. The van der Waals surface area contributed by atoms with Crippen molar-refractivity contribution in [3.63, 3.8) is 0 Å². The van der Waals surface area contributed by atoms with Crippen molar-refractivity contribution in [3.05, 3.63) is 83.9 Å². The van der Waals surface area contributed by atoms with Crippen molar-refractivity contribution < 1.29 is 9.84 Å². The Bertz CT molecular complexity index is 1060. The summed E-state index contributed by atoms with van der Waals surface area (Å²) in [6.07, 6.45) is 0. The van der Waals surface area contributed by atoms with E-state index in [-0.39, 0.29) is 6.61 Å². The number of aromatic nitrogens is 4. The first-order valence-electron chi connectivity index (χ1n) is 8.97. The second-order valence-electron chi connectivity index (χ2n) is 6.41. The molecule has 4 aromatic rings. The predicted octanol–water partition coefficient (Wildman–Crippen LogP) is 3.56. The van der Waals surface area contributed by atoms with Gasteiger partial charge in [0.05, 0.1) is 20.3 Å². The molecule has 0 fully saturated rings. The van der Waals surface area contributed by atoms with Crippen LogP contribution in [0.3, 0.4) is 0 Å². The highest BCUT2D eigenvalue weighted by molar-refractivity contribution is 5.80. The minimum Gasteiger partial charge on any atom is -0.497 e. The molecule has 0 amide bonds. The van der Waals surface area contributed by atoms with Gasteiger partial charge >= 0.3 is 0 Å². The molecule has 1 heterocycles. The molecule has 0 spiro atoms. The van der Waals surface area contributed by atoms with Gasteiger partial charge in [0.25, 0.3) is 0 Å². The molecule has 4 rings (SSSR count). The zero-order valence-corrected chi connectivity index (χ0v) is 15.5. The number of methoxy groups -OCH3 is 1. The van der Waals surface area contributed by atoms with Crippen molar-refractivity contribution in [2.24, 2.45) is 0 Å². The highest BCUT2D eigenvalue weighted by atomic mass is 16.5. The lowest BCUT2D eigenvalue weighted by molar-refractivity contribution is 0.282. The summed E-state index contributed by atoms with van der Waals surface area (Å²) in [6, 6.07) is 23.8. The molecule has 0 bridgehead atoms. The monoisotopic (exact) mass is 372 g/mol. The summed E-state index contributed by atoms with van der Waals surface area (Å²) < 4.78 is 7.01. The highest BCUT2D eigenvalue weighted by Crippen LogP contribution is 2.31. The van der Waals surface area contributed by atoms with Crippen LogP contribution in [0.5, 0.6) is 5.75 Å². The van der Waals surface area contributed by atoms with E-state index < -0.39 is 0 Å². The molecule has 140 valence electrons. The van der Waals surface area contributed by atoms with Crippen molar-refractivity contribution in [3.8, 4) is 28.3 Å². The van der Waals surface area contributed by atoms with Crippen LogP contribution in [-0.4, -0.2) is 32.4 Å². The van der Waals surface area contributed by atoms with Gasteiger partial charge in [0.2, 0.25) is 0 Å². The SMILES string of the molecule is COc1ccc(Cn2nnnc2-c2ccccc2-c2ccc(CO)cc2)cc1. The minimum atomic E-state index is 0.0298. The van der Waals surface area contributed by atoms with E-state index in [0.29, 0.717) is 12.4 Å². The number of hydrogen-bond donors (Lipinski definition) is 1. The number of ether oxygens (including phenoxy) is 1. The topological polar surface area (TPSA) is 73.1 Å². The summed E-state index contributed by atoms with van der Waals surface area (Å²) in [6.45, 7) is 0.589. The van der Waals surface area contributed by atoms with Crippen molar-refractivity contribution >= 4 is 0 Å². The maximum atomic E-state index is 9.28. The summed E-state index contributed by atoms with van der Waals surface area (Å²) in [5.74, 6) is 1.52. The molecule has 0 aliphatic heterocycles. The van der Waals surface area contributed by atoms with Crippen LogP contribution in [0.2, 0.25) is 0 Å². The third kappa shape index (κ3) is 3.63. The average molecular weight is 372 g/mol. The molecule has 0 atom stereocenters. The normalized spacial score (nSPS) is 10.8. The van der Waals surface area contributed by atoms with Crippen LogP contribution >= 0.6 is 0 Å². The van der Waals surface area contributed by atoms with Crippen LogP contribution in [0, 0.1) is 0 Å². The van der Waals surface area contributed by atoms with E-state index >= 15 is 0 Å². The molecule has 0 saturated heterocycles. The summed E-state index contributed by atoms with van der Waals surface area (Å²) in [5.41, 5.74) is 5.01. The summed E-state index contributed by atoms with van der Waals surface area (Å²) in [5, 5.41) is 21.6. The maximum Gasteiger partial charge on any atom is 0.182 e. The third-order valence-electron chi connectivity index (χ3n) is 4.64. The van der Waals surface area contributed by atoms with Crippen molar-refractivity contribution in [2.75, 3.05) is 7.11 Å². The van der Waals surface area contributed by atoms with E-state index in [1.165, 1.54) is 0 Å². The van der Waals surface area contributed by atoms with E-state index in [2.05, 4.69) is 21.6 Å². The largest absolute Gasteiger partial charge is 0.497 e. The first-order chi connectivity index (χ1) is 13.8. The van der Waals surface area contributed by atoms with Gasteiger partial charge in [-0.05, 0) is 44.8 Å². The molecule has 0 radical (unpaired) electrons. The molecule has 6 heteroatoms. The molecular formula is C22H20N4O2. The van der Waals surface area contributed by atoms with Crippen LogP contribution in [0.25, 0.3) is 22.5 Å². The van der Waals surface area contributed by atoms with Gasteiger partial charge < -0.3 is 9.84 Å². The van der Waals surface area contributed by atoms with Crippen molar-refractivity contribution in [1.82, 2.24) is 20.2 Å². The molecule has 1 N–H and O–H groups in total. The molecular weight excluding hydrogens is 352 g/mol. The lowest BCUT2D eigenvalue weighted by Gasteiger charge is -2.11. The van der Waals surface area contributed by atoms with E-state index in [4.69, 9.17) is 4.74 Å². The molecule has 28 heavy (non-hydrogen) atoms. The van der Waals surface area contributed by atoms with E-state index in [0.717, 1.165) is 33.6 Å². The Hall–Kier alpha value is -3.51. The van der Waals surface area contributed by atoms with Gasteiger partial charge in [0, 0.05) is 5.56 Å². The van der Waals surface area contributed by atoms with Crippen LogP contribution in [0.1, 0.15) is 11.1 Å². The minimum absolute atomic E-state index is 0.0298. The van der Waals surface area contributed by atoms with Crippen molar-refractivity contribution in [2.45, 2.75) is 13.2 Å². The summed E-state index contributed by atoms with van der Waals surface area (Å²) in [7, 11) is 1.65. The fourth-order valence-electron chi connectivity index (χ4n) is 3.13. The van der Waals surface area contributed by atoms with Crippen LogP contribution in [0.4, 0.5) is 0 Å². The number of tetrazole rings is 1. The zero-order chi connectivity index (χ0) is 19.3. The molecule has 0 unspecified atom stereocenters. The maximum absolute atomic E-state index is 9.28.